The van der Waals surface area contributed by atoms with E-state index in [4.69, 9.17) is 4.74 Å². The van der Waals surface area contributed by atoms with Gasteiger partial charge in [0.15, 0.2) is 11.8 Å². The van der Waals surface area contributed by atoms with Crippen LogP contribution in [-0.4, -0.2) is 53.6 Å². The molecule has 11 heteroatoms. The van der Waals surface area contributed by atoms with Gasteiger partial charge in [-0.2, -0.15) is 9.40 Å². The first-order valence-electron chi connectivity index (χ1n) is 11.3. The maximum atomic E-state index is 12.8. The molecule has 1 saturated heterocycles. The second kappa shape index (κ2) is 9.96. The van der Waals surface area contributed by atoms with Gasteiger partial charge in [-0.3, -0.25) is 9.59 Å². The van der Waals surface area contributed by atoms with E-state index in [2.05, 4.69) is 10.4 Å². The van der Waals surface area contributed by atoms with E-state index in [9.17, 15) is 22.8 Å². The zero-order valence-corrected chi connectivity index (χ0v) is 20.2. The predicted molar refractivity (Wildman–Crippen MR) is 130 cm³/mol. The average Bonchev–Trinajstić information content (AvgIpc) is 2.87. The van der Waals surface area contributed by atoms with Crippen molar-refractivity contribution >= 4 is 38.4 Å². The van der Waals surface area contributed by atoms with Crippen LogP contribution in [0, 0.1) is 0 Å². The van der Waals surface area contributed by atoms with Gasteiger partial charge >= 0.3 is 5.97 Å². The van der Waals surface area contributed by atoms with Crippen LogP contribution in [0.2, 0.25) is 0 Å². The lowest BCUT2D eigenvalue weighted by Gasteiger charge is -2.25. The van der Waals surface area contributed by atoms with Crippen LogP contribution in [0.25, 0.3) is 10.8 Å². The van der Waals surface area contributed by atoms with Gasteiger partial charge in [0.2, 0.25) is 10.0 Å². The number of sulfonamides is 1. The van der Waals surface area contributed by atoms with Gasteiger partial charge in [0, 0.05) is 31.2 Å². The summed E-state index contributed by atoms with van der Waals surface area (Å²) in [5.41, 5.74) is -0.0653. The topological polar surface area (TPSA) is 128 Å². The molecule has 10 nitrogen and oxygen atoms in total. The number of hydrogen-bond acceptors (Lipinski definition) is 7. The number of anilines is 1. The summed E-state index contributed by atoms with van der Waals surface area (Å²) in [4.78, 5) is 37.8. The lowest BCUT2D eigenvalue weighted by molar-refractivity contribution is -0.123. The molecule has 3 aromatic rings. The molecule has 1 aromatic heterocycles. The van der Waals surface area contributed by atoms with Crippen molar-refractivity contribution in [2.75, 3.05) is 18.4 Å². The highest BCUT2D eigenvalue weighted by molar-refractivity contribution is 7.89. The summed E-state index contributed by atoms with van der Waals surface area (Å²) in [5, 5.41) is 7.27. The molecule has 35 heavy (non-hydrogen) atoms. The molecule has 4 rings (SSSR count). The molecule has 0 aliphatic carbocycles. The number of carbonyl (C=O) groups is 2. The van der Waals surface area contributed by atoms with Gasteiger partial charge in [0.05, 0.1) is 10.3 Å². The first-order chi connectivity index (χ1) is 16.7. The molecule has 0 unspecified atom stereocenters. The van der Waals surface area contributed by atoms with Gasteiger partial charge in [0.25, 0.3) is 11.5 Å². The summed E-state index contributed by atoms with van der Waals surface area (Å²) in [6.07, 6.45) is 1.54. The molecule has 0 radical (unpaired) electrons. The Morgan fingerprint density at radius 3 is 2.29 bits per heavy atom. The number of esters is 1. The Hall–Kier alpha value is -3.57. The fourth-order valence-corrected chi connectivity index (χ4v) is 5.45. The monoisotopic (exact) mass is 498 g/mol. The maximum absolute atomic E-state index is 12.8. The van der Waals surface area contributed by atoms with Crippen molar-refractivity contribution in [1.29, 1.82) is 0 Å². The highest BCUT2D eigenvalue weighted by Crippen LogP contribution is 2.22. The van der Waals surface area contributed by atoms with E-state index < -0.39 is 28.0 Å². The Morgan fingerprint density at radius 2 is 1.63 bits per heavy atom. The Morgan fingerprint density at radius 1 is 1.00 bits per heavy atom. The van der Waals surface area contributed by atoms with Gasteiger partial charge < -0.3 is 10.1 Å². The van der Waals surface area contributed by atoms with Crippen LogP contribution < -0.4 is 10.9 Å². The fraction of sp³-hybridized carbons (Fsp3) is 0.333. The second-order valence-corrected chi connectivity index (χ2v) is 10.3. The van der Waals surface area contributed by atoms with Crippen molar-refractivity contribution in [2.24, 2.45) is 7.05 Å². The first-order valence-corrected chi connectivity index (χ1v) is 12.7. The summed E-state index contributed by atoms with van der Waals surface area (Å²) in [5.74, 6) is -1.44. The standard InChI is InChI=1S/C24H26N4O6S/c1-16(34-24(31)21-19-8-4-5-9-20(19)23(30)27(2)26-21)22(29)25-17-10-12-18(13-11-17)35(32,33)28-14-6-3-7-15-28/h4-5,8-13,16H,3,6-7,14-15H2,1-2H3,(H,25,29)/t16-/m0/s1. The third-order valence-corrected chi connectivity index (χ3v) is 7.79. The number of amides is 1. The molecule has 2 aromatic carbocycles. The first kappa shape index (κ1) is 24.6. The number of benzene rings is 2. The number of fused-ring (bicyclic) bond motifs is 1. The Kier molecular flexibility index (Phi) is 6.99. The average molecular weight is 499 g/mol. The SMILES string of the molecule is C[C@H](OC(=O)c1nn(C)c(=O)c2ccccc12)C(=O)Nc1ccc(S(=O)(=O)N2CCCCC2)cc1. The summed E-state index contributed by atoms with van der Waals surface area (Å²) < 4.78 is 33.4. The number of nitrogens with one attached hydrogen (secondary N) is 1. The zero-order valence-electron chi connectivity index (χ0n) is 19.4. The molecule has 1 N–H and O–H groups in total. The number of ether oxygens (including phenoxy) is 1. The molecule has 1 aliphatic rings. The smallest absolute Gasteiger partial charge is 0.360 e. The third-order valence-electron chi connectivity index (χ3n) is 5.88. The number of nitrogens with zero attached hydrogens (tertiary/aromatic N) is 3. The van der Waals surface area contributed by atoms with Gasteiger partial charge in [-0.1, -0.05) is 24.6 Å². The van der Waals surface area contributed by atoms with Crippen molar-refractivity contribution in [1.82, 2.24) is 14.1 Å². The van der Waals surface area contributed by atoms with E-state index in [-0.39, 0.29) is 16.1 Å². The number of aryl methyl sites for hydroxylation is 1. The molecule has 1 amide bonds. The summed E-state index contributed by atoms with van der Waals surface area (Å²) in [7, 11) is -2.15. The van der Waals surface area contributed by atoms with E-state index in [0.29, 0.717) is 29.5 Å². The molecular formula is C24H26N4O6S. The molecule has 2 heterocycles. The Labute approximate surface area is 202 Å². The minimum absolute atomic E-state index is 0.0744. The maximum Gasteiger partial charge on any atom is 0.360 e. The highest BCUT2D eigenvalue weighted by atomic mass is 32.2. The van der Waals surface area contributed by atoms with E-state index in [1.807, 2.05) is 0 Å². The quantitative estimate of drug-likeness (QED) is 0.517. The second-order valence-electron chi connectivity index (χ2n) is 8.35. The van der Waals surface area contributed by atoms with E-state index in [1.54, 1.807) is 24.3 Å². The lowest BCUT2D eigenvalue weighted by Crippen LogP contribution is -2.35. The molecule has 1 fully saturated rings. The van der Waals surface area contributed by atoms with E-state index >= 15 is 0 Å². The van der Waals surface area contributed by atoms with E-state index in [0.717, 1.165) is 23.9 Å². The van der Waals surface area contributed by atoms with Crippen molar-refractivity contribution in [3.05, 3.63) is 64.6 Å². The van der Waals surface area contributed by atoms with Gasteiger partial charge in [-0.15, -0.1) is 0 Å². The van der Waals surface area contributed by atoms with Crippen LogP contribution in [0.15, 0.2) is 58.2 Å². The molecule has 0 bridgehead atoms. The van der Waals surface area contributed by atoms with Crippen LogP contribution in [0.1, 0.15) is 36.7 Å². The van der Waals surface area contributed by atoms with Crippen molar-refractivity contribution in [3.8, 4) is 0 Å². The Bertz CT molecular complexity index is 1430. The number of aromatic nitrogens is 2. The molecule has 1 atom stereocenters. The van der Waals surface area contributed by atoms with Crippen molar-refractivity contribution < 1.29 is 22.7 Å². The van der Waals surface area contributed by atoms with Crippen molar-refractivity contribution in [3.63, 3.8) is 0 Å². The molecule has 1 aliphatic heterocycles. The Balaban J connectivity index is 1.44. The number of carbonyl (C=O) groups excluding carboxylic acids is 2. The summed E-state index contributed by atoms with van der Waals surface area (Å²) in [6.45, 7) is 2.42. The lowest BCUT2D eigenvalue weighted by atomic mass is 10.1. The molecule has 0 saturated carbocycles. The summed E-state index contributed by atoms with van der Waals surface area (Å²) in [6, 6.07) is 12.4. The van der Waals surface area contributed by atoms with Crippen LogP contribution in [0.3, 0.4) is 0 Å². The molecule has 184 valence electrons. The normalized spacial score (nSPS) is 15.5. The number of piperidine rings is 1. The zero-order chi connectivity index (χ0) is 25.2. The van der Waals surface area contributed by atoms with Gasteiger partial charge in [-0.25, -0.2) is 17.9 Å². The van der Waals surface area contributed by atoms with E-state index in [1.165, 1.54) is 42.5 Å². The van der Waals surface area contributed by atoms with Gasteiger partial charge in [-0.05, 0) is 50.1 Å². The van der Waals surface area contributed by atoms with Crippen LogP contribution in [-0.2, 0) is 26.6 Å². The highest BCUT2D eigenvalue weighted by Gasteiger charge is 2.26. The molecule has 0 spiro atoms. The van der Waals surface area contributed by atoms with Crippen LogP contribution >= 0.6 is 0 Å². The fourth-order valence-electron chi connectivity index (χ4n) is 3.93. The minimum Gasteiger partial charge on any atom is -0.448 e. The van der Waals surface area contributed by atoms with Crippen molar-refractivity contribution in [2.45, 2.75) is 37.2 Å². The van der Waals surface area contributed by atoms with Crippen LogP contribution in [0.4, 0.5) is 5.69 Å². The summed E-state index contributed by atoms with van der Waals surface area (Å²) >= 11 is 0. The number of rotatable bonds is 6. The molecular weight excluding hydrogens is 472 g/mol. The minimum atomic E-state index is -3.57. The van der Waals surface area contributed by atoms with Gasteiger partial charge in [0.1, 0.15) is 0 Å². The third kappa shape index (κ3) is 5.10. The number of hydrogen-bond donors (Lipinski definition) is 1. The predicted octanol–water partition coefficient (Wildman–Crippen LogP) is 2.29. The van der Waals surface area contributed by atoms with Crippen LogP contribution in [0.5, 0.6) is 0 Å². The largest absolute Gasteiger partial charge is 0.448 e.